The van der Waals surface area contributed by atoms with Crippen LogP contribution in [0.5, 0.6) is 0 Å². The second-order valence-corrected chi connectivity index (χ2v) is 5.02. The van der Waals surface area contributed by atoms with Crippen molar-refractivity contribution in [3.8, 4) is 16.9 Å². The molecule has 0 fully saturated rings. The summed E-state index contributed by atoms with van der Waals surface area (Å²) >= 11 is 0. The molecule has 23 heavy (non-hydrogen) atoms. The summed E-state index contributed by atoms with van der Waals surface area (Å²) in [7, 11) is 0. The average Bonchev–Trinajstić information content (AvgIpc) is 3.01. The minimum atomic E-state index is -4.46. The number of aromatic nitrogens is 3. The van der Waals surface area contributed by atoms with Crippen LogP contribution < -0.4 is 5.56 Å². The lowest BCUT2D eigenvalue weighted by molar-refractivity contribution is -0.137. The summed E-state index contributed by atoms with van der Waals surface area (Å²) in [5, 5.41) is 6.63. The van der Waals surface area contributed by atoms with Crippen LogP contribution in [0.25, 0.3) is 16.9 Å². The van der Waals surface area contributed by atoms with Crippen LogP contribution in [-0.4, -0.2) is 14.8 Å². The Morgan fingerprint density at radius 2 is 1.91 bits per heavy atom. The van der Waals surface area contributed by atoms with E-state index < -0.39 is 17.3 Å². The fourth-order valence-corrected chi connectivity index (χ4v) is 2.47. The molecule has 0 bridgehead atoms. The second-order valence-electron chi connectivity index (χ2n) is 5.02. The van der Waals surface area contributed by atoms with E-state index in [4.69, 9.17) is 0 Å². The molecule has 3 aromatic rings. The normalized spacial score (nSPS) is 11.7. The van der Waals surface area contributed by atoms with Crippen LogP contribution in [-0.2, 0) is 6.18 Å². The Morgan fingerprint density at radius 3 is 2.57 bits per heavy atom. The molecule has 3 rings (SSSR count). The van der Waals surface area contributed by atoms with Gasteiger partial charge in [0, 0.05) is 29.2 Å². The van der Waals surface area contributed by atoms with Crippen LogP contribution in [0, 0.1) is 6.92 Å². The molecule has 0 aliphatic heterocycles. The zero-order chi connectivity index (χ0) is 16.6. The Hall–Kier alpha value is -2.83. The fraction of sp³-hybridized carbons (Fsp3) is 0.125. The van der Waals surface area contributed by atoms with E-state index in [1.807, 2.05) is 0 Å². The molecule has 2 aromatic heterocycles. The highest BCUT2D eigenvalue weighted by atomic mass is 19.4. The van der Waals surface area contributed by atoms with Crippen LogP contribution in [0.1, 0.15) is 11.3 Å². The summed E-state index contributed by atoms with van der Waals surface area (Å²) < 4.78 is 39.9. The van der Waals surface area contributed by atoms with Gasteiger partial charge in [0.1, 0.15) is 0 Å². The maximum atomic E-state index is 12.9. The number of nitrogens with zero attached hydrogens (tertiary/aromatic N) is 2. The van der Waals surface area contributed by atoms with Crippen molar-refractivity contribution < 1.29 is 13.2 Å². The van der Waals surface area contributed by atoms with Crippen molar-refractivity contribution in [2.45, 2.75) is 13.1 Å². The number of pyridine rings is 1. The van der Waals surface area contributed by atoms with Gasteiger partial charge in [-0.05, 0) is 37.3 Å². The van der Waals surface area contributed by atoms with E-state index in [1.165, 1.54) is 22.8 Å². The van der Waals surface area contributed by atoms with Crippen LogP contribution in [0.2, 0.25) is 0 Å². The van der Waals surface area contributed by atoms with Gasteiger partial charge < -0.3 is 0 Å². The van der Waals surface area contributed by atoms with E-state index in [2.05, 4.69) is 10.2 Å². The molecule has 2 heterocycles. The van der Waals surface area contributed by atoms with E-state index in [0.717, 1.165) is 12.1 Å². The molecule has 1 aromatic carbocycles. The van der Waals surface area contributed by atoms with E-state index >= 15 is 0 Å². The molecule has 0 unspecified atom stereocenters. The third-order valence-corrected chi connectivity index (χ3v) is 3.56. The first kappa shape index (κ1) is 15.1. The molecule has 1 N–H and O–H groups in total. The lowest BCUT2D eigenvalue weighted by Gasteiger charge is -2.15. The van der Waals surface area contributed by atoms with Crippen molar-refractivity contribution in [3.05, 3.63) is 70.3 Å². The number of hydrogen-bond donors (Lipinski definition) is 1. The lowest BCUT2D eigenvalue weighted by Crippen LogP contribution is -2.20. The highest BCUT2D eigenvalue weighted by Crippen LogP contribution is 2.30. The standard InChI is InChI=1S/C16H12F3N3O/c1-10-13(14-7-8-20-21-14)5-6-15(23)22(10)12-4-2-3-11(9-12)16(17,18)19/h2-9H,1H3,(H,20,21). The topological polar surface area (TPSA) is 50.7 Å². The van der Waals surface area contributed by atoms with E-state index in [0.29, 0.717) is 17.0 Å². The van der Waals surface area contributed by atoms with Crippen molar-refractivity contribution >= 4 is 0 Å². The van der Waals surface area contributed by atoms with Crippen molar-refractivity contribution in [1.29, 1.82) is 0 Å². The van der Waals surface area contributed by atoms with Crippen LogP contribution in [0.15, 0.2) is 53.5 Å². The number of H-pyrrole nitrogens is 1. The van der Waals surface area contributed by atoms with Crippen molar-refractivity contribution in [2.75, 3.05) is 0 Å². The van der Waals surface area contributed by atoms with Gasteiger partial charge in [0.25, 0.3) is 5.56 Å². The quantitative estimate of drug-likeness (QED) is 0.785. The summed E-state index contributed by atoms with van der Waals surface area (Å²) in [6.45, 7) is 1.68. The molecule has 118 valence electrons. The Kier molecular flexibility index (Phi) is 3.55. The Labute approximate surface area is 129 Å². The van der Waals surface area contributed by atoms with Crippen molar-refractivity contribution in [1.82, 2.24) is 14.8 Å². The number of benzene rings is 1. The summed E-state index contributed by atoms with van der Waals surface area (Å²) in [6.07, 6.45) is -2.90. The molecule has 7 heteroatoms. The third kappa shape index (κ3) is 2.77. The van der Waals surface area contributed by atoms with E-state index in [-0.39, 0.29) is 5.69 Å². The van der Waals surface area contributed by atoms with Gasteiger partial charge in [0.05, 0.1) is 11.3 Å². The van der Waals surface area contributed by atoms with E-state index in [1.54, 1.807) is 25.3 Å². The molecular formula is C16H12F3N3O. The highest BCUT2D eigenvalue weighted by Gasteiger charge is 2.30. The number of nitrogens with one attached hydrogen (secondary N) is 1. The van der Waals surface area contributed by atoms with Crippen LogP contribution >= 0.6 is 0 Å². The predicted molar refractivity (Wildman–Crippen MR) is 79.4 cm³/mol. The fourth-order valence-electron chi connectivity index (χ4n) is 2.47. The van der Waals surface area contributed by atoms with Crippen molar-refractivity contribution in [3.63, 3.8) is 0 Å². The molecular weight excluding hydrogens is 307 g/mol. The lowest BCUT2D eigenvalue weighted by atomic mass is 10.1. The molecule has 0 aliphatic carbocycles. The number of halogens is 3. The third-order valence-electron chi connectivity index (χ3n) is 3.56. The predicted octanol–water partition coefficient (Wildman–Crippen LogP) is 3.55. The maximum Gasteiger partial charge on any atom is 0.416 e. The van der Waals surface area contributed by atoms with Crippen LogP contribution in [0.3, 0.4) is 0 Å². The molecule has 0 amide bonds. The van der Waals surface area contributed by atoms with Crippen molar-refractivity contribution in [2.24, 2.45) is 0 Å². The summed E-state index contributed by atoms with van der Waals surface area (Å²) in [6, 6.07) is 9.36. The minimum absolute atomic E-state index is 0.170. The zero-order valence-corrected chi connectivity index (χ0v) is 12.1. The van der Waals surface area contributed by atoms with Gasteiger partial charge in [-0.3, -0.25) is 14.5 Å². The van der Waals surface area contributed by atoms with Gasteiger partial charge in [-0.2, -0.15) is 18.3 Å². The average molecular weight is 319 g/mol. The van der Waals surface area contributed by atoms with Gasteiger partial charge >= 0.3 is 6.18 Å². The highest BCUT2D eigenvalue weighted by molar-refractivity contribution is 5.62. The second kappa shape index (κ2) is 5.42. The molecule has 0 atom stereocenters. The number of rotatable bonds is 2. The largest absolute Gasteiger partial charge is 0.416 e. The first-order valence-corrected chi connectivity index (χ1v) is 6.78. The van der Waals surface area contributed by atoms with Gasteiger partial charge in [-0.25, -0.2) is 0 Å². The summed E-state index contributed by atoms with van der Waals surface area (Å²) in [5.41, 5.74) is 0.880. The zero-order valence-electron chi connectivity index (χ0n) is 12.1. The molecule has 4 nitrogen and oxygen atoms in total. The number of hydrogen-bond acceptors (Lipinski definition) is 2. The summed E-state index contributed by atoms with van der Waals surface area (Å²) in [5.74, 6) is 0. The van der Waals surface area contributed by atoms with Gasteiger partial charge in [-0.15, -0.1) is 0 Å². The monoisotopic (exact) mass is 319 g/mol. The molecule has 0 saturated carbocycles. The van der Waals surface area contributed by atoms with Crippen LogP contribution in [0.4, 0.5) is 13.2 Å². The Bertz CT molecular complexity index is 896. The molecule has 0 aliphatic rings. The van der Waals surface area contributed by atoms with Gasteiger partial charge in [-0.1, -0.05) is 6.07 Å². The molecule has 0 saturated heterocycles. The smallest absolute Gasteiger partial charge is 0.281 e. The van der Waals surface area contributed by atoms with Gasteiger partial charge in [0.15, 0.2) is 0 Å². The molecule has 0 spiro atoms. The number of alkyl halides is 3. The Balaban J connectivity index is 2.21. The van der Waals surface area contributed by atoms with E-state index in [9.17, 15) is 18.0 Å². The van der Waals surface area contributed by atoms with Gasteiger partial charge in [0.2, 0.25) is 0 Å². The number of aromatic amines is 1. The molecule has 0 radical (unpaired) electrons. The SMILES string of the molecule is Cc1c(-c2ccn[nH]2)ccc(=O)n1-c1cccc(C(F)(F)F)c1. The summed E-state index contributed by atoms with van der Waals surface area (Å²) in [4.78, 5) is 12.2. The Morgan fingerprint density at radius 1 is 1.13 bits per heavy atom. The maximum absolute atomic E-state index is 12.9. The minimum Gasteiger partial charge on any atom is -0.281 e. The first-order chi connectivity index (χ1) is 10.9. The first-order valence-electron chi connectivity index (χ1n) is 6.78.